The Kier molecular flexibility index (Phi) is 4.53. The minimum atomic E-state index is -1.02. The van der Waals surface area contributed by atoms with Crippen LogP contribution in [0.5, 0.6) is 0 Å². The lowest BCUT2D eigenvalue weighted by atomic mass is 10.1. The number of carbonyl (C=O) groups is 1. The van der Waals surface area contributed by atoms with E-state index >= 15 is 0 Å². The first-order chi connectivity index (χ1) is 9.70. The lowest BCUT2D eigenvalue weighted by Crippen LogP contribution is -2.05. The van der Waals surface area contributed by atoms with E-state index in [0.717, 1.165) is 24.1 Å². The number of aromatic amines is 1. The molecular formula is C15H15N3O2. The Morgan fingerprint density at radius 1 is 1.40 bits per heavy atom. The van der Waals surface area contributed by atoms with Crippen molar-refractivity contribution >= 4 is 5.97 Å². The number of rotatable bonds is 4. The summed E-state index contributed by atoms with van der Waals surface area (Å²) in [5.74, 6) is 5.12. The number of aromatic carboxylic acids is 1. The number of hydrogen-bond acceptors (Lipinski definition) is 3. The van der Waals surface area contributed by atoms with Crippen molar-refractivity contribution in [2.75, 3.05) is 13.6 Å². The van der Waals surface area contributed by atoms with Crippen LogP contribution in [0, 0.1) is 11.8 Å². The Bertz CT molecular complexity index is 648. The second kappa shape index (κ2) is 6.55. The Hall–Kier alpha value is -2.58. The highest BCUT2D eigenvalue weighted by molar-refractivity contribution is 5.86. The fraction of sp³-hybridized carbons (Fsp3) is 0.200. The third-order valence-electron chi connectivity index (χ3n) is 2.72. The van der Waals surface area contributed by atoms with Crippen LogP contribution in [0.3, 0.4) is 0 Å². The van der Waals surface area contributed by atoms with E-state index < -0.39 is 5.97 Å². The Labute approximate surface area is 117 Å². The largest absolute Gasteiger partial charge is 0.477 e. The van der Waals surface area contributed by atoms with Crippen LogP contribution in [-0.2, 0) is 0 Å². The van der Waals surface area contributed by atoms with Crippen molar-refractivity contribution in [2.24, 2.45) is 0 Å². The molecule has 2 aromatic rings. The summed E-state index contributed by atoms with van der Waals surface area (Å²) < 4.78 is 0. The number of nitrogens with one attached hydrogen (secondary N) is 2. The van der Waals surface area contributed by atoms with Crippen LogP contribution in [-0.4, -0.2) is 34.9 Å². The van der Waals surface area contributed by atoms with Crippen LogP contribution >= 0.6 is 0 Å². The molecule has 3 N–H and O–H groups in total. The summed E-state index contributed by atoms with van der Waals surface area (Å²) in [6, 6.07) is 9.07. The fourth-order valence-corrected chi connectivity index (χ4v) is 1.66. The summed E-state index contributed by atoms with van der Waals surface area (Å²) in [7, 11) is 1.89. The molecule has 0 radical (unpaired) electrons. The third kappa shape index (κ3) is 3.46. The van der Waals surface area contributed by atoms with Gasteiger partial charge in [-0.15, -0.1) is 0 Å². The molecule has 0 spiro atoms. The number of nitrogens with zero attached hydrogens (tertiary/aromatic N) is 1. The summed E-state index contributed by atoms with van der Waals surface area (Å²) in [5.41, 5.74) is 2.47. The van der Waals surface area contributed by atoms with Crippen LogP contribution in [0.15, 0.2) is 30.3 Å². The molecule has 0 unspecified atom stereocenters. The first-order valence-corrected chi connectivity index (χ1v) is 6.23. The number of carboxylic acids is 1. The van der Waals surface area contributed by atoms with E-state index in [9.17, 15) is 4.79 Å². The maximum Gasteiger partial charge on any atom is 0.353 e. The SMILES string of the molecule is CNCCC#Cc1ccc(-c2cc(C(=O)O)[nH]n2)cc1. The maximum atomic E-state index is 10.8. The molecule has 0 aliphatic rings. The van der Waals surface area contributed by atoms with E-state index in [4.69, 9.17) is 5.11 Å². The molecule has 0 saturated carbocycles. The van der Waals surface area contributed by atoms with Crippen molar-refractivity contribution in [3.63, 3.8) is 0 Å². The minimum absolute atomic E-state index is 0.0796. The monoisotopic (exact) mass is 269 g/mol. The number of carboxylic acid groups (broad SMARTS) is 1. The molecule has 2 rings (SSSR count). The van der Waals surface area contributed by atoms with Crippen LogP contribution in [0.2, 0.25) is 0 Å². The predicted octanol–water partition coefficient (Wildman–Crippen LogP) is 1.74. The molecule has 102 valence electrons. The van der Waals surface area contributed by atoms with Gasteiger partial charge in [-0.05, 0) is 25.2 Å². The fourth-order valence-electron chi connectivity index (χ4n) is 1.66. The molecule has 1 aromatic carbocycles. The van der Waals surface area contributed by atoms with Crippen molar-refractivity contribution in [3.8, 4) is 23.1 Å². The highest BCUT2D eigenvalue weighted by Crippen LogP contribution is 2.18. The maximum absolute atomic E-state index is 10.8. The van der Waals surface area contributed by atoms with E-state index in [1.54, 1.807) is 0 Å². The van der Waals surface area contributed by atoms with Crippen molar-refractivity contribution in [1.29, 1.82) is 0 Å². The molecule has 0 aliphatic carbocycles. The molecule has 5 heteroatoms. The van der Waals surface area contributed by atoms with Gasteiger partial charge in [0.2, 0.25) is 0 Å². The molecule has 0 aliphatic heterocycles. The Balaban J connectivity index is 2.10. The molecule has 0 atom stereocenters. The van der Waals surface area contributed by atoms with Gasteiger partial charge in [-0.25, -0.2) is 4.79 Å². The van der Waals surface area contributed by atoms with Gasteiger partial charge in [-0.3, -0.25) is 5.10 Å². The number of H-pyrrole nitrogens is 1. The molecule has 5 nitrogen and oxygen atoms in total. The van der Waals surface area contributed by atoms with Gasteiger partial charge in [0.05, 0.1) is 5.69 Å². The highest BCUT2D eigenvalue weighted by atomic mass is 16.4. The normalized spacial score (nSPS) is 9.85. The average molecular weight is 269 g/mol. The van der Waals surface area contributed by atoms with Gasteiger partial charge in [0.25, 0.3) is 0 Å². The first kappa shape index (κ1) is 13.8. The standard InChI is InChI=1S/C15H15N3O2/c1-16-9-3-2-4-11-5-7-12(8-6-11)13-10-14(15(19)20)18-17-13/h5-8,10,16H,3,9H2,1H3,(H,17,18)(H,19,20). The van der Waals surface area contributed by atoms with Gasteiger partial charge < -0.3 is 10.4 Å². The summed E-state index contributed by atoms with van der Waals surface area (Å²) in [6.07, 6.45) is 0.805. The number of aromatic nitrogens is 2. The number of benzene rings is 1. The summed E-state index contributed by atoms with van der Waals surface area (Å²) in [4.78, 5) is 10.8. The smallest absolute Gasteiger partial charge is 0.353 e. The number of hydrogen-bond donors (Lipinski definition) is 3. The van der Waals surface area contributed by atoms with Crippen molar-refractivity contribution in [1.82, 2.24) is 15.5 Å². The van der Waals surface area contributed by atoms with Crippen LogP contribution in [0.25, 0.3) is 11.3 Å². The van der Waals surface area contributed by atoms with Crippen molar-refractivity contribution < 1.29 is 9.90 Å². The van der Waals surface area contributed by atoms with Gasteiger partial charge in [-0.1, -0.05) is 24.0 Å². The van der Waals surface area contributed by atoms with E-state index in [0.29, 0.717) is 5.69 Å². The van der Waals surface area contributed by atoms with Crippen LogP contribution < -0.4 is 5.32 Å². The zero-order valence-electron chi connectivity index (χ0n) is 11.1. The van der Waals surface area contributed by atoms with E-state index in [2.05, 4.69) is 27.4 Å². The summed E-state index contributed by atoms with van der Waals surface area (Å²) in [5, 5.41) is 18.3. The Morgan fingerprint density at radius 3 is 2.75 bits per heavy atom. The molecule has 0 amide bonds. The third-order valence-corrected chi connectivity index (χ3v) is 2.72. The lowest BCUT2D eigenvalue weighted by molar-refractivity contribution is 0.0690. The Morgan fingerprint density at radius 2 is 2.15 bits per heavy atom. The predicted molar refractivity (Wildman–Crippen MR) is 76.4 cm³/mol. The second-order valence-electron chi connectivity index (χ2n) is 4.20. The molecule has 0 bridgehead atoms. The van der Waals surface area contributed by atoms with Crippen LogP contribution in [0.1, 0.15) is 22.5 Å². The second-order valence-corrected chi connectivity index (χ2v) is 4.20. The molecular weight excluding hydrogens is 254 g/mol. The van der Waals surface area contributed by atoms with E-state index in [1.165, 1.54) is 6.07 Å². The quantitative estimate of drug-likeness (QED) is 0.583. The summed E-state index contributed by atoms with van der Waals surface area (Å²) >= 11 is 0. The zero-order valence-corrected chi connectivity index (χ0v) is 11.1. The molecule has 1 aromatic heterocycles. The van der Waals surface area contributed by atoms with Gasteiger partial charge in [0.15, 0.2) is 0 Å². The highest BCUT2D eigenvalue weighted by Gasteiger charge is 2.08. The van der Waals surface area contributed by atoms with Gasteiger partial charge >= 0.3 is 5.97 Å². The topological polar surface area (TPSA) is 78.0 Å². The minimum Gasteiger partial charge on any atom is -0.477 e. The van der Waals surface area contributed by atoms with Gasteiger partial charge in [0.1, 0.15) is 5.69 Å². The van der Waals surface area contributed by atoms with Crippen molar-refractivity contribution in [3.05, 3.63) is 41.6 Å². The molecule has 1 heterocycles. The van der Waals surface area contributed by atoms with E-state index in [1.807, 2.05) is 31.3 Å². The van der Waals surface area contributed by atoms with Crippen LogP contribution in [0.4, 0.5) is 0 Å². The first-order valence-electron chi connectivity index (χ1n) is 6.23. The molecule has 0 fully saturated rings. The average Bonchev–Trinajstić information content (AvgIpc) is 2.94. The van der Waals surface area contributed by atoms with Gasteiger partial charge in [-0.2, -0.15) is 5.10 Å². The zero-order chi connectivity index (χ0) is 14.4. The lowest BCUT2D eigenvalue weighted by Gasteiger charge is -1.96. The molecule has 0 saturated heterocycles. The van der Waals surface area contributed by atoms with Crippen molar-refractivity contribution in [2.45, 2.75) is 6.42 Å². The molecule has 20 heavy (non-hydrogen) atoms. The van der Waals surface area contributed by atoms with Gasteiger partial charge in [0, 0.05) is 24.1 Å². The summed E-state index contributed by atoms with van der Waals surface area (Å²) in [6.45, 7) is 0.871. The van der Waals surface area contributed by atoms with E-state index in [-0.39, 0.29) is 5.69 Å².